The number of carbonyl (C=O) groups is 2. The van der Waals surface area contributed by atoms with Crippen molar-refractivity contribution in [3.63, 3.8) is 0 Å². The number of benzene rings is 2. The number of amides is 1. The van der Waals surface area contributed by atoms with Gasteiger partial charge in [-0.15, -0.1) is 17.8 Å². The fourth-order valence-electron chi connectivity index (χ4n) is 2.24. The Labute approximate surface area is 148 Å². The fourth-order valence-corrected chi connectivity index (χ4v) is 3.25. The highest BCUT2D eigenvalue weighted by Crippen LogP contribution is 2.32. The molecule has 0 aliphatic heterocycles. The van der Waals surface area contributed by atoms with Crippen LogP contribution in [-0.2, 0) is 9.53 Å². The van der Waals surface area contributed by atoms with Gasteiger partial charge in [0.15, 0.2) is 6.61 Å². The Balaban J connectivity index is 1.82. The summed E-state index contributed by atoms with van der Waals surface area (Å²) in [5, 5.41) is 3.17. The summed E-state index contributed by atoms with van der Waals surface area (Å²) in [6.45, 7) is -0.284. The average Bonchev–Trinajstić information content (AvgIpc) is 3.08. The van der Waals surface area contributed by atoms with E-state index >= 15 is 0 Å². The Kier molecular flexibility index (Phi) is 5.07. The summed E-state index contributed by atoms with van der Waals surface area (Å²) in [6, 6.07) is 14.8. The molecular formula is C19H14N2O3S. The highest BCUT2D eigenvalue weighted by atomic mass is 32.1. The maximum absolute atomic E-state index is 12.4. The summed E-state index contributed by atoms with van der Waals surface area (Å²) in [6.07, 6.45) is 5.06. The number of rotatable bonds is 5. The van der Waals surface area contributed by atoms with Crippen LogP contribution in [0.25, 0.3) is 20.8 Å². The zero-order valence-corrected chi connectivity index (χ0v) is 14.0. The van der Waals surface area contributed by atoms with E-state index in [4.69, 9.17) is 11.2 Å². The molecule has 1 heterocycles. The second-order valence-electron chi connectivity index (χ2n) is 5.09. The van der Waals surface area contributed by atoms with Crippen molar-refractivity contribution in [1.29, 1.82) is 0 Å². The Hall–Kier alpha value is -3.17. The Morgan fingerprint density at radius 3 is 2.72 bits per heavy atom. The molecular weight excluding hydrogens is 336 g/mol. The predicted octanol–water partition coefficient (Wildman–Crippen LogP) is 2.87. The standard InChI is InChI=1S/C19H14N2O3S/c1-2-11-20-17(22)12-24-19(23)14-8-4-3-7-13(14)18-21-15-9-5-6-10-16(15)25-18/h1,3-10H,11-12H2,(H,20,22). The lowest BCUT2D eigenvalue weighted by Crippen LogP contribution is -2.29. The van der Waals surface area contributed by atoms with Crippen LogP contribution in [0, 0.1) is 12.3 Å². The third kappa shape index (κ3) is 3.84. The van der Waals surface area contributed by atoms with Gasteiger partial charge in [0, 0.05) is 5.56 Å². The largest absolute Gasteiger partial charge is 0.452 e. The molecule has 1 N–H and O–H groups in total. The number of aromatic nitrogens is 1. The molecule has 0 spiro atoms. The van der Waals surface area contributed by atoms with Gasteiger partial charge in [0.1, 0.15) is 5.01 Å². The maximum atomic E-state index is 12.4. The van der Waals surface area contributed by atoms with Crippen LogP contribution in [0.2, 0.25) is 0 Å². The number of ether oxygens (including phenoxy) is 1. The van der Waals surface area contributed by atoms with Gasteiger partial charge in [-0.05, 0) is 18.2 Å². The number of thiazole rings is 1. The van der Waals surface area contributed by atoms with Crippen molar-refractivity contribution in [2.45, 2.75) is 0 Å². The van der Waals surface area contributed by atoms with Gasteiger partial charge < -0.3 is 10.1 Å². The molecule has 1 amide bonds. The average molecular weight is 350 g/mol. The number of esters is 1. The Bertz CT molecular complexity index is 939. The second kappa shape index (κ2) is 7.60. The van der Waals surface area contributed by atoms with E-state index in [2.05, 4.69) is 16.2 Å². The number of carbonyl (C=O) groups excluding carboxylic acids is 2. The van der Waals surface area contributed by atoms with Crippen LogP contribution in [0.4, 0.5) is 0 Å². The highest BCUT2D eigenvalue weighted by Gasteiger charge is 2.17. The quantitative estimate of drug-likeness (QED) is 0.567. The number of para-hydroxylation sites is 1. The van der Waals surface area contributed by atoms with E-state index in [9.17, 15) is 9.59 Å². The minimum absolute atomic E-state index is 0.0959. The molecule has 3 aromatic rings. The van der Waals surface area contributed by atoms with Crippen molar-refractivity contribution in [1.82, 2.24) is 10.3 Å². The molecule has 0 aliphatic carbocycles. The lowest BCUT2D eigenvalue weighted by atomic mass is 10.1. The van der Waals surface area contributed by atoms with E-state index in [1.807, 2.05) is 36.4 Å². The Morgan fingerprint density at radius 2 is 1.92 bits per heavy atom. The Morgan fingerprint density at radius 1 is 1.16 bits per heavy atom. The molecule has 0 bridgehead atoms. The van der Waals surface area contributed by atoms with E-state index < -0.39 is 11.9 Å². The first-order chi connectivity index (χ1) is 12.2. The zero-order valence-electron chi connectivity index (χ0n) is 13.2. The van der Waals surface area contributed by atoms with Gasteiger partial charge in [0.05, 0.1) is 22.3 Å². The smallest absolute Gasteiger partial charge is 0.339 e. The second-order valence-corrected chi connectivity index (χ2v) is 6.12. The summed E-state index contributed by atoms with van der Waals surface area (Å²) in [5.74, 6) is 1.26. The van der Waals surface area contributed by atoms with Crippen molar-refractivity contribution < 1.29 is 14.3 Å². The first kappa shape index (κ1) is 16.7. The number of hydrogen-bond acceptors (Lipinski definition) is 5. The third-order valence-corrected chi connectivity index (χ3v) is 4.46. The first-order valence-electron chi connectivity index (χ1n) is 7.51. The van der Waals surface area contributed by atoms with E-state index in [1.165, 1.54) is 11.3 Å². The van der Waals surface area contributed by atoms with E-state index in [1.54, 1.807) is 12.1 Å². The normalized spacial score (nSPS) is 10.2. The summed E-state index contributed by atoms with van der Waals surface area (Å²) in [7, 11) is 0. The van der Waals surface area contributed by atoms with Crippen molar-refractivity contribution in [3.05, 3.63) is 54.1 Å². The van der Waals surface area contributed by atoms with Crippen LogP contribution in [-0.4, -0.2) is 30.0 Å². The fraction of sp³-hybridized carbons (Fsp3) is 0.105. The molecule has 25 heavy (non-hydrogen) atoms. The monoisotopic (exact) mass is 350 g/mol. The van der Waals surface area contributed by atoms with Gasteiger partial charge >= 0.3 is 5.97 Å². The number of nitrogens with zero attached hydrogens (tertiary/aromatic N) is 1. The molecule has 3 rings (SSSR count). The van der Waals surface area contributed by atoms with Crippen LogP contribution in [0.15, 0.2) is 48.5 Å². The minimum atomic E-state index is -0.578. The molecule has 2 aromatic carbocycles. The molecule has 0 saturated heterocycles. The summed E-state index contributed by atoms with van der Waals surface area (Å²) >= 11 is 1.50. The highest BCUT2D eigenvalue weighted by molar-refractivity contribution is 7.21. The van der Waals surface area contributed by atoms with Gasteiger partial charge in [-0.2, -0.15) is 0 Å². The predicted molar refractivity (Wildman–Crippen MR) is 97.2 cm³/mol. The van der Waals surface area contributed by atoms with Crippen LogP contribution >= 0.6 is 11.3 Å². The van der Waals surface area contributed by atoms with Gasteiger partial charge in [-0.3, -0.25) is 4.79 Å². The summed E-state index contributed by atoms with van der Waals surface area (Å²) < 4.78 is 6.12. The molecule has 124 valence electrons. The van der Waals surface area contributed by atoms with Crippen LogP contribution < -0.4 is 5.32 Å². The van der Waals surface area contributed by atoms with Gasteiger partial charge in [-0.25, -0.2) is 9.78 Å². The summed E-state index contributed by atoms with van der Waals surface area (Å²) in [4.78, 5) is 28.5. The van der Waals surface area contributed by atoms with E-state index in [0.717, 1.165) is 15.2 Å². The molecule has 0 fully saturated rings. The molecule has 0 saturated carbocycles. The van der Waals surface area contributed by atoms with Crippen molar-refractivity contribution in [3.8, 4) is 22.9 Å². The topological polar surface area (TPSA) is 68.3 Å². The zero-order chi connectivity index (χ0) is 17.6. The SMILES string of the molecule is C#CCNC(=O)COC(=O)c1ccccc1-c1nc2ccccc2s1. The van der Waals surface area contributed by atoms with E-state index in [0.29, 0.717) is 11.1 Å². The molecule has 0 unspecified atom stereocenters. The van der Waals surface area contributed by atoms with Gasteiger partial charge in [0.25, 0.3) is 5.91 Å². The minimum Gasteiger partial charge on any atom is -0.452 e. The number of nitrogens with one attached hydrogen (secondary N) is 1. The molecule has 1 aromatic heterocycles. The van der Waals surface area contributed by atoms with Crippen LogP contribution in [0.5, 0.6) is 0 Å². The molecule has 6 heteroatoms. The molecule has 5 nitrogen and oxygen atoms in total. The van der Waals surface area contributed by atoms with Crippen molar-refractivity contribution in [2.24, 2.45) is 0 Å². The molecule has 0 atom stereocenters. The first-order valence-corrected chi connectivity index (χ1v) is 8.33. The van der Waals surface area contributed by atoms with Gasteiger partial charge in [-0.1, -0.05) is 36.3 Å². The summed E-state index contributed by atoms with van der Waals surface area (Å²) in [5.41, 5.74) is 1.92. The van der Waals surface area contributed by atoms with Gasteiger partial charge in [0.2, 0.25) is 0 Å². The molecule has 0 radical (unpaired) electrons. The lowest BCUT2D eigenvalue weighted by molar-refractivity contribution is -0.123. The van der Waals surface area contributed by atoms with Crippen LogP contribution in [0.1, 0.15) is 10.4 Å². The van der Waals surface area contributed by atoms with Crippen LogP contribution in [0.3, 0.4) is 0 Å². The maximum Gasteiger partial charge on any atom is 0.339 e. The van der Waals surface area contributed by atoms with Crippen molar-refractivity contribution in [2.75, 3.05) is 13.2 Å². The number of fused-ring (bicyclic) bond motifs is 1. The number of hydrogen-bond donors (Lipinski definition) is 1. The number of terminal acetylenes is 1. The van der Waals surface area contributed by atoms with Crippen molar-refractivity contribution >= 4 is 33.4 Å². The third-order valence-electron chi connectivity index (χ3n) is 3.39. The van der Waals surface area contributed by atoms with E-state index in [-0.39, 0.29) is 13.2 Å². The lowest BCUT2D eigenvalue weighted by Gasteiger charge is -2.07. The molecule has 0 aliphatic rings.